The van der Waals surface area contributed by atoms with Crippen LogP contribution in [0.5, 0.6) is 0 Å². The Morgan fingerprint density at radius 1 is 1.29 bits per heavy atom. The van der Waals surface area contributed by atoms with Gasteiger partial charge in [-0.3, -0.25) is 4.90 Å². The van der Waals surface area contributed by atoms with Gasteiger partial charge in [-0.15, -0.1) is 0 Å². The van der Waals surface area contributed by atoms with E-state index in [4.69, 9.17) is 5.73 Å². The van der Waals surface area contributed by atoms with Crippen LogP contribution in [0, 0.1) is 0 Å². The lowest BCUT2D eigenvalue weighted by Gasteiger charge is -2.47. The maximum Gasteiger partial charge on any atom is 0.0360 e. The SMILES string of the molecule is CCC1(CC)C(N)CCN1C(C)(C)C. The molecule has 1 fully saturated rings. The second-order valence-electron chi connectivity index (χ2n) is 5.53. The van der Waals surface area contributed by atoms with E-state index in [-0.39, 0.29) is 11.1 Å². The molecule has 0 aromatic carbocycles. The molecule has 1 unspecified atom stereocenters. The Bertz CT molecular complexity index is 189. The van der Waals surface area contributed by atoms with Gasteiger partial charge in [0.15, 0.2) is 0 Å². The summed E-state index contributed by atoms with van der Waals surface area (Å²) in [7, 11) is 0. The summed E-state index contributed by atoms with van der Waals surface area (Å²) < 4.78 is 0. The topological polar surface area (TPSA) is 29.3 Å². The van der Waals surface area contributed by atoms with Crippen molar-refractivity contribution in [3.05, 3.63) is 0 Å². The van der Waals surface area contributed by atoms with Crippen molar-refractivity contribution in [3.63, 3.8) is 0 Å². The van der Waals surface area contributed by atoms with E-state index in [9.17, 15) is 0 Å². The summed E-state index contributed by atoms with van der Waals surface area (Å²) in [5, 5.41) is 0. The van der Waals surface area contributed by atoms with Crippen molar-refractivity contribution < 1.29 is 0 Å². The molecule has 0 aliphatic carbocycles. The average Bonchev–Trinajstić information content (AvgIpc) is 2.42. The number of rotatable bonds is 2. The number of nitrogens with two attached hydrogens (primary N) is 1. The predicted octanol–water partition coefficient (Wildman–Crippen LogP) is 2.38. The Hall–Kier alpha value is -0.0800. The minimum atomic E-state index is 0.248. The van der Waals surface area contributed by atoms with Crippen LogP contribution in [0.4, 0.5) is 0 Å². The van der Waals surface area contributed by atoms with Crippen LogP contribution in [0.2, 0.25) is 0 Å². The highest BCUT2D eigenvalue weighted by Gasteiger charge is 2.48. The normalized spacial score (nSPS) is 28.3. The van der Waals surface area contributed by atoms with Gasteiger partial charge in [-0.25, -0.2) is 0 Å². The molecule has 1 aliphatic rings. The van der Waals surface area contributed by atoms with E-state index in [1.165, 1.54) is 12.8 Å². The third kappa shape index (κ3) is 1.70. The predicted molar refractivity (Wildman–Crippen MR) is 62.4 cm³/mol. The van der Waals surface area contributed by atoms with Crippen molar-refractivity contribution in [1.82, 2.24) is 4.90 Å². The van der Waals surface area contributed by atoms with Crippen molar-refractivity contribution in [2.75, 3.05) is 6.54 Å². The third-order valence-corrected chi connectivity index (χ3v) is 3.93. The van der Waals surface area contributed by atoms with E-state index in [0.29, 0.717) is 6.04 Å². The van der Waals surface area contributed by atoms with Crippen molar-refractivity contribution >= 4 is 0 Å². The van der Waals surface area contributed by atoms with Crippen LogP contribution < -0.4 is 5.73 Å². The zero-order valence-corrected chi connectivity index (χ0v) is 10.4. The monoisotopic (exact) mass is 198 g/mol. The Kier molecular flexibility index (Phi) is 3.27. The molecule has 1 aliphatic heterocycles. The molecule has 2 heteroatoms. The van der Waals surface area contributed by atoms with Gasteiger partial charge in [0.25, 0.3) is 0 Å². The van der Waals surface area contributed by atoms with E-state index in [1.807, 2.05) is 0 Å². The molecule has 0 aromatic heterocycles. The van der Waals surface area contributed by atoms with Gasteiger partial charge >= 0.3 is 0 Å². The summed E-state index contributed by atoms with van der Waals surface area (Å²) >= 11 is 0. The molecule has 14 heavy (non-hydrogen) atoms. The molecule has 0 bridgehead atoms. The number of hydrogen-bond acceptors (Lipinski definition) is 2. The Balaban J connectivity index is 2.97. The molecule has 1 atom stereocenters. The molecule has 1 saturated heterocycles. The average molecular weight is 198 g/mol. The first-order chi connectivity index (χ1) is 6.38. The van der Waals surface area contributed by atoms with Gasteiger partial charge in [-0.2, -0.15) is 0 Å². The highest BCUT2D eigenvalue weighted by Crippen LogP contribution is 2.39. The van der Waals surface area contributed by atoms with Gasteiger partial charge in [-0.1, -0.05) is 13.8 Å². The highest BCUT2D eigenvalue weighted by atomic mass is 15.3. The van der Waals surface area contributed by atoms with Crippen molar-refractivity contribution in [3.8, 4) is 0 Å². The largest absolute Gasteiger partial charge is 0.326 e. The maximum absolute atomic E-state index is 6.28. The summed E-state index contributed by atoms with van der Waals surface area (Å²) in [5.41, 5.74) is 6.78. The van der Waals surface area contributed by atoms with Gasteiger partial charge in [0.2, 0.25) is 0 Å². The zero-order chi connectivity index (χ0) is 11.0. The molecular weight excluding hydrogens is 172 g/mol. The molecule has 0 saturated carbocycles. The third-order valence-electron chi connectivity index (χ3n) is 3.93. The van der Waals surface area contributed by atoms with Crippen LogP contribution in [-0.4, -0.2) is 28.6 Å². The van der Waals surface area contributed by atoms with E-state index in [2.05, 4.69) is 39.5 Å². The minimum Gasteiger partial charge on any atom is -0.326 e. The fraction of sp³-hybridized carbons (Fsp3) is 1.00. The van der Waals surface area contributed by atoms with Gasteiger partial charge in [0, 0.05) is 23.7 Å². The first-order valence-corrected chi connectivity index (χ1v) is 5.92. The summed E-state index contributed by atoms with van der Waals surface area (Å²) in [4.78, 5) is 2.62. The molecule has 1 heterocycles. The van der Waals surface area contributed by atoms with Gasteiger partial charge < -0.3 is 5.73 Å². The van der Waals surface area contributed by atoms with Crippen LogP contribution in [0.25, 0.3) is 0 Å². The van der Waals surface area contributed by atoms with E-state index < -0.39 is 0 Å². The van der Waals surface area contributed by atoms with E-state index >= 15 is 0 Å². The van der Waals surface area contributed by atoms with E-state index in [1.54, 1.807) is 0 Å². The van der Waals surface area contributed by atoms with Crippen LogP contribution in [0.1, 0.15) is 53.9 Å². The van der Waals surface area contributed by atoms with Crippen LogP contribution in [0.3, 0.4) is 0 Å². The second kappa shape index (κ2) is 3.82. The molecule has 0 amide bonds. The smallest absolute Gasteiger partial charge is 0.0360 e. The molecule has 2 nitrogen and oxygen atoms in total. The van der Waals surface area contributed by atoms with Gasteiger partial charge in [0.05, 0.1) is 0 Å². The minimum absolute atomic E-state index is 0.248. The molecule has 2 N–H and O–H groups in total. The fourth-order valence-corrected chi connectivity index (χ4v) is 3.12. The van der Waals surface area contributed by atoms with Gasteiger partial charge in [-0.05, 0) is 40.0 Å². The van der Waals surface area contributed by atoms with E-state index in [0.717, 1.165) is 13.0 Å². The molecular formula is C12H26N2. The molecule has 84 valence electrons. The highest BCUT2D eigenvalue weighted by molar-refractivity contribution is 5.06. The van der Waals surface area contributed by atoms with Crippen molar-refractivity contribution in [2.24, 2.45) is 5.73 Å². The first-order valence-electron chi connectivity index (χ1n) is 5.92. The standard InChI is InChI=1S/C12H26N2/c1-6-12(7-2)10(13)8-9-14(12)11(3,4)5/h10H,6-9,13H2,1-5H3. The van der Waals surface area contributed by atoms with Crippen LogP contribution >= 0.6 is 0 Å². The number of hydrogen-bond donors (Lipinski definition) is 1. The quantitative estimate of drug-likeness (QED) is 0.738. The summed E-state index contributed by atoms with van der Waals surface area (Å²) in [6, 6.07) is 0.358. The Morgan fingerprint density at radius 3 is 2.07 bits per heavy atom. The lowest BCUT2D eigenvalue weighted by atomic mass is 9.83. The summed E-state index contributed by atoms with van der Waals surface area (Å²) in [5.74, 6) is 0. The molecule has 0 radical (unpaired) electrons. The summed E-state index contributed by atoms with van der Waals surface area (Å²) in [6.45, 7) is 12.6. The molecule has 0 spiro atoms. The number of likely N-dealkylation sites (tertiary alicyclic amines) is 1. The maximum atomic E-state index is 6.28. The van der Waals surface area contributed by atoms with Gasteiger partial charge in [0.1, 0.15) is 0 Å². The Morgan fingerprint density at radius 2 is 1.79 bits per heavy atom. The van der Waals surface area contributed by atoms with Crippen LogP contribution in [-0.2, 0) is 0 Å². The van der Waals surface area contributed by atoms with Crippen molar-refractivity contribution in [1.29, 1.82) is 0 Å². The Labute approximate surface area is 88.8 Å². The zero-order valence-electron chi connectivity index (χ0n) is 10.4. The molecule has 0 aromatic rings. The fourth-order valence-electron chi connectivity index (χ4n) is 3.12. The lowest BCUT2D eigenvalue weighted by molar-refractivity contribution is 0.0295. The van der Waals surface area contributed by atoms with Crippen molar-refractivity contribution in [2.45, 2.75) is 71.0 Å². The molecule has 1 rings (SSSR count). The number of nitrogens with zero attached hydrogens (tertiary/aromatic N) is 1. The van der Waals surface area contributed by atoms with Crippen LogP contribution in [0.15, 0.2) is 0 Å². The summed E-state index contributed by atoms with van der Waals surface area (Å²) in [6.07, 6.45) is 3.49. The first kappa shape index (κ1) is 12.0. The lowest BCUT2D eigenvalue weighted by Crippen LogP contribution is -2.58. The second-order valence-corrected chi connectivity index (χ2v) is 5.53.